The van der Waals surface area contributed by atoms with Gasteiger partial charge in [-0.25, -0.2) is 0 Å². The lowest BCUT2D eigenvalue weighted by Crippen LogP contribution is -2.38. The summed E-state index contributed by atoms with van der Waals surface area (Å²) in [6.07, 6.45) is 3.97. The third kappa shape index (κ3) is 3.99. The molecule has 1 fully saturated rings. The Morgan fingerprint density at radius 2 is 1.67 bits per heavy atom. The average molecular weight is 229 g/mol. The van der Waals surface area contributed by atoms with Gasteiger partial charge in [-0.15, -0.1) is 0 Å². The summed E-state index contributed by atoms with van der Waals surface area (Å²) >= 11 is 4.46. The zero-order chi connectivity index (χ0) is 11.5. The van der Waals surface area contributed by atoms with Gasteiger partial charge in [0.1, 0.15) is 0 Å². The van der Waals surface area contributed by atoms with Crippen molar-refractivity contribution in [2.24, 2.45) is 16.7 Å². The number of hydrogen-bond donors (Lipinski definition) is 2. The summed E-state index contributed by atoms with van der Waals surface area (Å²) in [5.41, 5.74) is 0.839. The SMILES string of the molecule is CC(C)(CS)CC(C)(C)C1CCNCC1. The second-order valence-electron chi connectivity index (χ2n) is 6.51. The monoisotopic (exact) mass is 229 g/mol. The highest BCUT2D eigenvalue weighted by atomic mass is 32.1. The lowest BCUT2D eigenvalue weighted by molar-refractivity contribution is 0.107. The van der Waals surface area contributed by atoms with Gasteiger partial charge in [-0.1, -0.05) is 27.7 Å². The van der Waals surface area contributed by atoms with Crippen molar-refractivity contribution in [2.75, 3.05) is 18.8 Å². The molecule has 1 saturated heterocycles. The molecule has 0 aromatic carbocycles. The van der Waals surface area contributed by atoms with Crippen molar-refractivity contribution < 1.29 is 0 Å². The van der Waals surface area contributed by atoms with Gasteiger partial charge >= 0.3 is 0 Å². The summed E-state index contributed by atoms with van der Waals surface area (Å²) in [5, 5.41) is 3.45. The highest BCUT2D eigenvalue weighted by Gasteiger charge is 2.35. The van der Waals surface area contributed by atoms with Crippen molar-refractivity contribution in [1.82, 2.24) is 5.32 Å². The van der Waals surface area contributed by atoms with E-state index in [9.17, 15) is 0 Å². The summed E-state index contributed by atoms with van der Waals surface area (Å²) in [6, 6.07) is 0. The molecule has 0 aromatic rings. The van der Waals surface area contributed by atoms with Crippen LogP contribution in [0.4, 0.5) is 0 Å². The first-order chi connectivity index (χ1) is 6.87. The molecular formula is C13H27NS. The maximum atomic E-state index is 4.46. The molecule has 0 radical (unpaired) electrons. The van der Waals surface area contributed by atoms with Gasteiger partial charge in [0, 0.05) is 0 Å². The zero-order valence-electron chi connectivity index (χ0n) is 10.8. The normalized spacial score (nSPS) is 20.6. The van der Waals surface area contributed by atoms with Gasteiger partial charge in [0.2, 0.25) is 0 Å². The third-order valence-corrected chi connectivity index (χ3v) is 4.66. The Kier molecular flexibility index (Phi) is 4.54. The van der Waals surface area contributed by atoms with E-state index in [1.54, 1.807) is 0 Å². The number of rotatable bonds is 4. The first kappa shape index (κ1) is 13.4. The van der Waals surface area contributed by atoms with Crippen LogP contribution in [0, 0.1) is 16.7 Å². The summed E-state index contributed by atoms with van der Waals surface area (Å²) in [5.74, 6) is 1.87. The van der Waals surface area contributed by atoms with Crippen LogP contribution in [-0.4, -0.2) is 18.8 Å². The molecule has 0 unspecified atom stereocenters. The molecule has 0 bridgehead atoms. The van der Waals surface area contributed by atoms with Gasteiger partial charge in [-0.05, 0) is 54.9 Å². The molecule has 1 nitrogen and oxygen atoms in total. The van der Waals surface area contributed by atoms with Crippen LogP contribution in [-0.2, 0) is 0 Å². The van der Waals surface area contributed by atoms with Crippen LogP contribution >= 0.6 is 12.6 Å². The van der Waals surface area contributed by atoms with Crippen molar-refractivity contribution in [1.29, 1.82) is 0 Å². The fraction of sp³-hybridized carbons (Fsp3) is 1.00. The van der Waals surface area contributed by atoms with Crippen LogP contribution in [0.3, 0.4) is 0 Å². The predicted molar refractivity (Wildman–Crippen MR) is 71.6 cm³/mol. The van der Waals surface area contributed by atoms with Crippen molar-refractivity contribution in [3.05, 3.63) is 0 Å². The highest BCUT2D eigenvalue weighted by molar-refractivity contribution is 7.80. The van der Waals surface area contributed by atoms with Gasteiger partial charge in [0.15, 0.2) is 0 Å². The summed E-state index contributed by atoms with van der Waals surface area (Å²) in [4.78, 5) is 0. The number of piperidine rings is 1. The molecule has 1 rings (SSSR count). The van der Waals surface area contributed by atoms with Gasteiger partial charge in [0.25, 0.3) is 0 Å². The molecule has 0 saturated carbocycles. The highest BCUT2D eigenvalue weighted by Crippen LogP contribution is 2.42. The van der Waals surface area contributed by atoms with Crippen LogP contribution in [0.1, 0.15) is 47.0 Å². The van der Waals surface area contributed by atoms with E-state index in [2.05, 4.69) is 45.6 Å². The van der Waals surface area contributed by atoms with Gasteiger partial charge in [-0.2, -0.15) is 12.6 Å². The fourth-order valence-corrected chi connectivity index (χ4v) is 3.15. The van der Waals surface area contributed by atoms with Crippen LogP contribution < -0.4 is 5.32 Å². The van der Waals surface area contributed by atoms with E-state index in [0.29, 0.717) is 10.8 Å². The quantitative estimate of drug-likeness (QED) is 0.705. The molecule has 15 heavy (non-hydrogen) atoms. The molecule has 0 amide bonds. The molecule has 1 N–H and O–H groups in total. The molecule has 0 spiro atoms. The Morgan fingerprint density at radius 1 is 1.13 bits per heavy atom. The van der Waals surface area contributed by atoms with Crippen LogP contribution in [0.2, 0.25) is 0 Å². The molecule has 0 atom stereocenters. The molecule has 0 aromatic heterocycles. The van der Waals surface area contributed by atoms with Crippen LogP contribution in [0.25, 0.3) is 0 Å². The number of hydrogen-bond acceptors (Lipinski definition) is 2. The molecular weight excluding hydrogens is 202 g/mol. The van der Waals surface area contributed by atoms with Gasteiger partial charge in [0.05, 0.1) is 0 Å². The summed E-state index contributed by atoms with van der Waals surface area (Å²) < 4.78 is 0. The Labute approximate surface area is 101 Å². The zero-order valence-corrected chi connectivity index (χ0v) is 11.7. The van der Waals surface area contributed by atoms with Crippen molar-refractivity contribution in [3.63, 3.8) is 0 Å². The Bertz CT molecular complexity index is 193. The lowest BCUT2D eigenvalue weighted by Gasteiger charge is -2.42. The topological polar surface area (TPSA) is 12.0 Å². The minimum atomic E-state index is 0.373. The van der Waals surface area contributed by atoms with Crippen molar-refractivity contribution >= 4 is 12.6 Å². The molecule has 2 heteroatoms. The molecule has 1 aliphatic rings. The smallest absolute Gasteiger partial charge is 0.00461 e. The molecule has 1 heterocycles. The van der Waals surface area contributed by atoms with E-state index < -0.39 is 0 Å². The van der Waals surface area contributed by atoms with E-state index in [1.807, 2.05) is 0 Å². The molecule has 0 aliphatic carbocycles. The Hall–Kier alpha value is 0.310. The van der Waals surface area contributed by atoms with E-state index in [4.69, 9.17) is 0 Å². The van der Waals surface area contributed by atoms with E-state index >= 15 is 0 Å². The fourth-order valence-electron chi connectivity index (χ4n) is 3.04. The van der Waals surface area contributed by atoms with Gasteiger partial charge < -0.3 is 5.32 Å². The maximum Gasteiger partial charge on any atom is -0.00461 e. The third-order valence-electron chi connectivity index (χ3n) is 3.81. The standard InChI is InChI=1S/C13H27NS/c1-12(2,10-15)9-13(3,4)11-5-7-14-8-6-11/h11,14-15H,5-10H2,1-4H3. The van der Waals surface area contributed by atoms with Gasteiger partial charge in [-0.3, -0.25) is 0 Å². The minimum absolute atomic E-state index is 0.373. The van der Waals surface area contributed by atoms with E-state index in [-0.39, 0.29) is 0 Å². The second kappa shape index (κ2) is 5.09. The first-order valence-corrected chi connectivity index (χ1v) is 6.82. The maximum absolute atomic E-state index is 4.46. The number of thiol groups is 1. The van der Waals surface area contributed by atoms with E-state index in [0.717, 1.165) is 11.7 Å². The van der Waals surface area contributed by atoms with Crippen LogP contribution in [0.5, 0.6) is 0 Å². The number of nitrogens with one attached hydrogen (secondary N) is 1. The summed E-state index contributed by atoms with van der Waals surface area (Å²) in [7, 11) is 0. The van der Waals surface area contributed by atoms with E-state index in [1.165, 1.54) is 32.4 Å². The predicted octanol–water partition coefficient (Wildman–Crippen LogP) is 3.36. The first-order valence-electron chi connectivity index (χ1n) is 6.19. The molecule has 90 valence electrons. The molecule has 1 aliphatic heterocycles. The largest absolute Gasteiger partial charge is 0.317 e. The van der Waals surface area contributed by atoms with Crippen LogP contribution in [0.15, 0.2) is 0 Å². The minimum Gasteiger partial charge on any atom is -0.317 e. The Balaban J connectivity index is 2.56. The average Bonchev–Trinajstić information content (AvgIpc) is 2.18. The lowest BCUT2D eigenvalue weighted by atomic mass is 9.66. The second-order valence-corrected chi connectivity index (χ2v) is 6.83. The summed E-state index contributed by atoms with van der Waals surface area (Å²) in [6.45, 7) is 12.0. The van der Waals surface area contributed by atoms with Crippen molar-refractivity contribution in [2.45, 2.75) is 47.0 Å². The van der Waals surface area contributed by atoms with Crippen molar-refractivity contribution in [3.8, 4) is 0 Å². The Morgan fingerprint density at radius 3 is 2.13 bits per heavy atom.